The summed E-state index contributed by atoms with van der Waals surface area (Å²) in [6.07, 6.45) is 6.40. The van der Waals surface area contributed by atoms with Crippen LogP contribution in [0.3, 0.4) is 0 Å². The third-order valence-electron chi connectivity index (χ3n) is 4.84. The number of hydrogen-bond acceptors (Lipinski definition) is 4. The van der Waals surface area contributed by atoms with Gasteiger partial charge in [-0.2, -0.15) is 0 Å². The number of carbonyl (C=O) groups excluding carboxylic acids is 3. The summed E-state index contributed by atoms with van der Waals surface area (Å²) in [4.78, 5) is 36.6. The van der Waals surface area contributed by atoms with Crippen molar-refractivity contribution in [3.05, 3.63) is 70.0 Å². The smallest absolute Gasteiger partial charge is 0.331 e. The van der Waals surface area contributed by atoms with E-state index in [1.807, 2.05) is 0 Å². The Morgan fingerprint density at radius 2 is 1.87 bits per heavy atom. The Hall–Kier alpha value is -3.00. The number of para-hydroxylation sites is 1. The van der Waals surface area contributed by atoms with E-state index in [0.717, 1.165) is 31.8 Å². The zero-order valence-electron chi connectivity index (χ0n) is 16.7. The maximum Gasteiger partial charge on any atom is 0.331 e. The minimum absolute atomic E-state index is 0.152. The fourth-order valence-electron chi connectivity index (χ4n) is 3.29. The maximum atomic E-state index is 13.7. The molecule has 2 amide bonds. The summed E-state index contributed by atoms with van der Waals surface area (Å²) in [5.41, 5.74) is 0.892. The van der Waals surface area contributed by atoms with E-state index in [2.05, 4.69) is 26.6 Å². The van der Waals surface area contributed by atoms with Gasteiger partial charge in [-0.3, -0.25) is 9.59 Å². The molecular weight excluding hydrogens is 467 g/mol. The van der Waals surface area contributed by atoms with Crippen LogP contribution < -0.4 is 10.6 Å². The minimum atomic E-state index is -0.790. The molecule has 1 aliphatic carbocycles. The second-order valence-corrected chi connectivity index (χ2v) is 8.07. The molecule has 0 heterocycles. The van der Waals surface area contributed by atoms with Crippen LogP contribution in [-0.4, -0.2) is 30.4 Å². The van der Waals surface area contributed by atoms with E-state index in [4.69, 9.17) is 4.74 Å². The molecule has 1 fully saturated rings. The number of ether oxygens (including phenoxy) is 1. The second-order valence-electron chi connectivity index (χ2n) is 7.16. The molecular formula is C23H22BrFN2O4. The molecule has 1 aliphatic rings. The second kappa shape index (κ2) is 10.9. The van der Waals surface area contributed by atoms with E-state index in [-0.39, 0.29) is 17.5 Å². The summed E-state index contributed by atoms with van der Waals surface area (Å²) in [5.74, 6) is -2.12. The summed E-state index contributed by atoms with van der Waals surface area (Å²) in [7, 11) is 0. The molecule has 162 valence electrons. The number of amides is 2. The number of anilines is 1. The predicted molar refractivity (Wildman–Crippen MR) is 119 cm³/mol. The van der Waals surface area contributed by atoms with Gasteiger partial charge >= 0.3 is 5.97 Å². The number of nitrogens with one attached hydrogen (secondary N) is 2. The summed E-state index contributed by atoms with van der Waals surface area (Å²) >= 11 is 3.23. The number of carbonyl (C=O) groups is 3. The van der Waals surface area contributed by atoms with Crippen LogP contribution in [0, 0.1) is 5.82 Å². The number of hydrogen-bond donors (Lipinski definition) is 2. The van der Waals surface area contributed by atoms with E-state index in [0.29, 0.717) is 15.7 Å². The molecule has 2 N–H and O–H groups in total. The van der Waals surface area contributed by atoms with E-state index in [9.17, 15) is 18.8 Å². The van der Waals surface area contributed by atoms with Gasteiger partial charge in [-0.25, -0.2) is 9.18 Å². The van der Waals surface area contributed by atoms with Crippen LogP contribution in [0.4, 0.5) is 10.1 Å². The molecule has 2 aromatic rings. The van der Waals surface area contributed by atoms with Gasteiger partial charge in [0.15, 0.2) is 6.61 Å². The molecule has 0 aromatic heterocycles. The van der Waals surface area contributed by atoms with Crippen molar-refractivity contribution < 1.29 is 23.5 Å². The Balaban J connectivity index is 1.53. The van der Waals surface area contributed by atoms with Gasteiger partial charge < -0.3 is 15.4 Å². The molecule has 0 spiro atoms. The van der Waals surface area contributed by atoms with Gasteiger partial charge in [-0.05, 0) is 49.2 Å². The van der Waals surface area contributed by atoms with Crippen molar-refractivity contribution in [3.63, 3.8) is 0 Å². The van der Waals surface area contributed by atoms with E-state index in [1.165, 1.54) is 18.2 Å². The lowest BCUT2D eigenvalue weighted by molar-refractivity contribution is -0.142. The Morgan fingerprint density at radius 3 is 2.65 bits per heavy atom. The van der Waals surface area contributed by atoms with E-state index < -0.39 is 24.3 Å². The highest BCUT2D eigenvalue weighted by Crippen LogP contribution is 2.20. The summed E-state index contributed by atoms with van der Waals surface area (Å²) in [6, 6.07) is 11.1. The van der Waals surface area contributed by atoms with Gasteiger partial charge in [0.25, 0.3) is 11.8 Å². The Kier molecular flexibility index (Phi) is 7.94. The molecule has 0 atom stereocenters. The lowest BCUT2D eigenvalue weighted by Gasteiger charge is -2.15. The van der Waals surface area contributed by atoms with Gasteiger partial charge in [0.2, 0.25) is 0 Å². The van der Waals surface area contributed by atoms with Crippen molar-refractivity contribution in [3.8, 4) is 0 Å². The first-order valence-electron chi connectivity index (χ1n) is 9.92. The molecule has 0 aliphatic heterocycles. The highest BCUT2D eigenvalue weighted by Gasteiger charge is 2.20. The van der Waals surface area contributed by atoms with Gasteiger partial charge in [-0.1, -0.05) is 40.9 Å². The molecule has 0 unspecified atom stereocenters. The Labute approximate surface area is 188 Å². The van der Waals surface area contributed by atoms with E-state index >= 15 is 0 Å². The summed E-state index contributed by atoms with van der Waals surface area (Å²) in [6.45, 7) is -0.539. The number of halogens is 2. The fourth-order valence-corrected chi connectivity index (χ4v) is 3.67. The minimum Gasteiger partial charge on any atom is -0.452 e. The monoisotopic (exact) mass is 488 g/mol. The highest BCUT2D eigenvalue weighted by molar-refractivity contribution is 9.10. The van der Waals surface area contributed by atoms with Gasteiger partial charge in [0, 0.05) is 22.2 Å². The van der Waals surface area contributed by atoms with Crippen molar-refractivity contribution in [1.82, 2.24) is 5.32 Å². The zero-order chi connectivity index (χ0) is 22.2. The largest absolute Gasteiger partial charge is 0.452 e. The Morgan fingerprint density at radius 1 is 1.13 bits per heavy atom. The molecule has 0 saturated heterocycles. The normalized spacial score (nSPS) is 13.9. The van der Waals surface area contributed by atoms with Crippen LogP contribution in [0.25, 0.3) is 6.08 Å². The van der Waals surface area contributed by atoms with E-state index in [1.54, 1.807) is 30.3 Å². The Bertz CT molecular complexity index is 1000. The molecule has 2 aromatic carbocycles. The van der Waals surface area contributed by atoms with Crippen LogP contribution in [0.1, 0.15) is 41.6 Å². The summed E-state index contributed by atoms with van der Waals surface area (Å²) in [5, 5.41) is 5.58. The first-order valence-corrected chi connectivity index (χ1v) is 10.7. The van der Waals surface area contributed by atoms with Crippen LogP contribution in [0.2, 0.25) is 0 Å². The molecule has 31 heavy (non-hydrogen) atoms. The average molecular weight is 489 g/mol. The number of benzene rings is 2. The molecule has 6 nitrogen and oxygen atoms in total. The molecule has 8 heteroatoms. The summed E-state index contributed by atoms with van der Waals surface area (Å²) < 4.78 is 19.3. The molecule has 0 bridgehead atoms. The van der Waals surface area contributed by atoms with Crippen LogP contribution in [-0.2, 0) is 14.3 Å². The van der Waals surface area contributed by atoms with Crippen molar-refractivity contribution in [1.29, 1.82) is 0 Å². The van der Waals surface area contributed by atoms with Crippen LogP contribution in [0.15, 0.2) is 53.0 Å². The first-order chi connectivity index (χ1) is 14.9. The quantitative estimate of drug-likeness (QED) is 0.445. The van der Waals surface area contributed by atoms with Crippen molar-refractivity contribution in [2.45, 2.75) is 31.7 Å². The van der Waals surface area contributed by atoms with Gasteiger partial charge in [0.05, 0.1) is 11.3 Å². The third-order valence-corrected chi connectivity index (χ3v) is 5.33. The molecule has 1 saturated carbocycles. The van der Waals surface area contributed by atoms with Crippen LogP contribution in [0.5, 0.6) is 0 Å². The van der Waals surface area contributed by atoms with Gasteiger partial charge in [-0.15, -0.1) is 0 Å². The highest BCUT2D eigenvalue weighted by atomic mass is 79.9. The van der Waals surface area contributed by atoms with Crippen molar-refractivity contribution >= 4 is 45.5 Å². The van der Waals surface area contributed by atoms with Crippen LogP contribution >= 0.6 is 15.9 Å². The topological polar surface area (TPSA) is 84.5 Å². The first kappa shape index (κ1) is 22.7. The van der Waals surface area contributed by atoms with Crippen molar-refractivity contribution in [2.75, 3.05) is 11.9 Å². The molecule has 3 rings (SSSR count). The lowest BCUT2D eigenvalue weighted by atomic mass is 10.1. The lowest BCUT2D eigenvalue weighted by Crippen LogP contribution is -2.33. The molecule has 0 radical (unpaired) electrons. The SMILES string of the molecule is O=C(COC(=O)/C=C/c1cc(Br)ccc1F)Nc1ccccc1C(=O)NC1CCCC1. The zero-order valence-corrected chi connectivity index (χ0v) is 18.3. The number of rotatable bonds is 7. The third kappa shape index (κ3) is 6.75. The number of esters is 1. The van der Waals surface area contributed by atoms with Gasteiger partial charge in [0.1, 0.15) is 5.82 Å². The standard InChI is InChI=1S/C23H22BrFN2O4/c24-16-10-11-19(25)15(13-16)9-12-22(29)31-14-21(28)27-20-8-4-3-7-18(20)23(30)26-17-5-1-2-6-17/h3-4,7-13,17H,1-2,5-6,14H2,(H,26,30)(H,27,28)/b12-9+. The van der Waals surface area contributed by atoms with Crippen molar-refractivity contribution in [2.24, 2.45) is 0 Å². The fraction of sp³-hybridized carbons (Fsp3) is 0.261. The maximum absolute atomic E-state index is 13.7. The average Bonchev–Trinajstić information content (AvgIpc) is 3.26. The predicted octanol–water partition coefficient (Wildman–Crippen LogP) is 4.46.